The summed E-state index contributed by atoms with van der Waals surface area (Å²) in [5, 5.41) is 0. The normalized spacial score (nSPS) is 16.4. The average molecular weight is 626 g/mol. The zero-order valence-electron chi connectivity index (χ0n) is 32.0. The summed E-state index contributed by atoms with van der Waals surface area (Å²) in [6.07, 6.45) is 43.3. The van der Waals surface area contributed by atoms with E-state index in [0.717, 1.165) is 24.7 Å². The molecule has 1 aliphatic rings. The van der Waals surface area contributed by atoms with Crippen molar-refractivity contribution in [1.82, 2.24) is 4.90 Å². The Labute approximate surface area is 281 Å². The minimum absolute atomic E-state index is 0.139. The zero-order valence-corrected chi connectivity index (χ0v) is 32.0. The summed E-state index contributed by atoms with van der Waals surface area (Å²) in [5.74, 6) is 2.10. The predicted molar refractivity (Wildman–Crippen MR) is 202 cm³/mol. The van der Waals surface area contributed by atoms with Crippen LogP contribution in [0.4, 0.5) is 4.39 Å². The van der Waals surface area contributed by atoms with Gasteiger partial charge in [-0.1, -0.05) is 214 Å². The van der Waals surface area contributed by atoms with Crippen molar-refractivity contribution in [2.75, 3.05) is 26.8 Å². The maximum absolute atomic E-state index is 12.0. The van der Waals surface area contributed by atoms with E-state index in [1.807, 2.05) is 0 Å². The first-order valence-electron chi connectivity index (χ1n) is 20.8. The third kappa shape index (κ3) is 38.1. The molecule has 0 aromatic heterocycles. The molecule has 0 bridgehead atoms. The van der Waals surface area contributed by atoms with E-state index in [9.17, 15) is 4.39 Å². The van der Waals surface area contributed by atoms with Crippen molar-refractivity contribution in [3.63, 3.8) is 0 Å². The fourth-order valence-electron chi connectivity index (χ4n) is 6.69. The van der Waals surface area contributed by atoms with Crippen LogP contribution in [0.3, 0.4) is 0 Å². The molecule has 0 aromatic rings. The van der Waals surface area contributed by atoms with Gasteiger partial charge in [0, 0.05) is 0 Å². The third-order valence-corrected chi connectivity index (χ3v) is 9.72. The smallest absolute Gasteiger partial charge is 0.0894 e. The molecule has 0 N–H and O–H groups in total. The fraction of sp³-hybridized carbons (Fsp3) is 1.00. The lowest BCUT2D eigenvalue weighted by Gasteiger charge is -2.28. The molecule has 1 saturated carbocycles. The summed E-state index contributed by atoms with van der Waals surface area (Å²) in [6, 6.07) is 0. The monoisotopic (exact) mass is 626 g/mol. The van der Waals surface area contributed by atoms with Crippen LogP contribution in [0.25, 0.3) is 0 Å². The Morgan fingerprint density at radius 3 is 1.05 bits per heavy atom. The van der Waals surface area contributed by atoms with Gasteiger partial charge in [-0.25, -0.2) is 0 Å². The molecule has 0 saturated heterocycles. The van der Waals surface area contributed by atoms with Gasteiger partial charge in [0.1, 0.15) is 0 Å². The lowest BCUT2D eigenvalue weighted by molar-refractivity contribution is 0.243. The molecule has 1 fully saturated rings. The maximum atomic E-state index is 12.0. The molecular formula is C42H88FN. The Morgan fingerprint density at radius 2 is 0.682 bits per heavy atom. The van der Waals surface area contributed by atoms with Crippen molar-refractivity contribution < 1.29 is 4.39 Å². The molecule has 1 aliphatic carbocycles. The van der Waals surface area contributed by atoms with Crippen LogP contribution >= 0.6 is 0 Å². The number of halogens is 1. The second-order valence-electron chi connectivity index (χ2n) is 14.6. The van der Waals surface area contributed by atoms with Gasteiger partial charge in [0.2, 0.25) is 0 Å². The first kappa shape index (κ1) is 46.0. The molecule has 0 spiro atoms. The topological polar surface area (TPSA) is 3.24 Å². The standard InChI is InChI=1S/C24H48FN.C15H32.C3H8/c1-3-4-9-14-23-16-18-24(19-17-23)15-10-8-13-22-26(2)21-12-7-5-6-11-20-25;1-3-5-7-9-11-13-15-14-12-10-8-6-4-2;1-3-2/h23-24H,3-22H2,1-2H3;3-15H2,1-2H3;3H2,1-2H3. The van der Waals surface area contributed by atoms with E-state index >= 15 is 0 Å². The Morgan fingerprint density at radius 1 is 0.409 bits per heavy atom. The van der Waals surface area contributed by atoms with Crippen LogP contribution in [0, 0.1) is 11.8 Å². The molecule has 0 radical (unpaired) electrons. The summed E-state index contributed by atoms with van der Waals surface area (Å²) >= 11 is 0. The number of unbranched alkanes of at least 4 members (excludes halogenated alkanes) is 20. The molecule has 0 atom stereocenters. The Hall–Kier alpha value is -0.110. The first-order valence-corrected chi connectivity index (χ1v) is 20.8. The van der Waals surface area contributed by atoms with E-state index in [4.69, 9.17) is 0 Å². The zero-order chi connectivity index (χ0) is 32.8. The van der Waals surface area contributed by atoms with Gasteiger partial charge in [-0.05, 0) is 51.2 Å². The van der Waals surface area contributed by atoms with Crippen LogP contribution in [-0.2, 0) is 0 Å². The fourth-order valence-corrected chi connectivity index (χ4v) is 6.69. The molecule has 1 nitrogen and oxygen atoms in total. The highest BCUT2D eigenvalue weighted by molar-refractivity contribution is 4.73. The number of hydrogen-bond donors (Lipinski definition) is 0. The molecule has 0 amide bonds. The molecule has 1 rings (SSSR count). The Bertz CT molecular complexity index is 460. The van der Waals surface area contributed by atoms with Gasteiger partial charge in [0.25, 0.3) is 0 Å². The Balaban J connectivity index is 0. The maximum Gasteiger partial charge on any atom is 0.0894 e. The molecule has 268 valence electrons. The minimum atomic E-state index is -0.139. The van der Waals surface area contributed by atoms with E-state index in [-0.39, 0.29) is 6.67 Å². The summed E-state index contributed by atoms with van der Waals surface area (Å²) < 4.78 is 12.0. The van der Waals surface area contributed by atoms with E-state index in [1.54, 1.807) is 0 Å². The van der Waals surface area contributed by atoms with E-state index in [1.165, 1.54) is 199 Å². The average Bonchev–Trinajstić information content (AvgIpc) is 3.03. The van der Waals surface area contributed by atoms with Gasteiger partial charge in [0.05, 0.1) is 6.67 Å². The molecule has 44 heavy (non-hydrogen) atoms. The minimum Gasteiger partial charge on any atom is -0.306 e. The Kier molecular flexibility index (Phi) is 42.8. The molecule has 0 heterocycles. The van der Waals surface area contributed by atoms with Crippen molar-refractivity contribution in [2.24, 2.45) is 11.8 Å². The van der Waals surface area contributed by atoms with Gasteiger partial charge >= 0.3 is 0 Å². The molecule has 2 heteroatoms. The molecule has 0 aliphatic heterocycles. The largest absolute Gasteiger partial charge is 0.306 e. The van der Waals surface area contributed by atoms with E-state index in [2.05, 4.69) is 46.6 Å². The summed E-state index contributed by atoms with van der Waals surface area (Å²) in [5.41, 5.74) is 0. The highest BCUT2D eigenvalue weighted by atomic mass is 19.1. The van der Waals surface area contributed by atoms with Crippen LogP contribution in [0.2, 0.25) is 0 Å². The van der Waals surface area contributed by atoms with Crippen LogP contribution in [0.5, 0.6) is 0 Å². The second-order valence-corrected chi connectivity index (χ2v) is 14.6. The highest BCUT2D eigenvalue weighted by Gasteiger charge is 2.20. The van der Waals surface area contributed by atoms with Gasteiger partial charge in [-0.3, -0.25) is 4.39 Å². The van der Waals surface area contributed by atoms with Crippen molar-refractivity contribution >= 4 is 0 Å². The second kappa shape index (κ2) is 40.9. The van der Waals surface area contributed by atoms with Crippen LogP contribution in [0.1, 0.15) is 234 Å². The van der Waals surface area contributed by atoms with Crippen molar-refractivity contribution in [3.8, 4) is 0 Å². The summed E-state index contributed by atoms with van der Waals surface area (Å²) in [7, 11) is 2.27. The van der Waals surface area contributed by atoms with Gasteiger partial charge in [0.15, 0.2) is 0 Å². The van der Waals surface area contributed by atoms with Gasteiger partial charge in [-0.2, -0.15) is 0 Å². The van der Waals surface area contributed by atoms with Crippen LogP contribution < -0.4 is 0 Å². The van der Waals surface area contributed by atoms with Crippen LogP contribution in [0.15, 0.2) is 0 Å². The number of nitrogens with zero attached hydrogens (tertiary/aromatic N) is 1. The van der Waals surface area contributed by atoms with E-state index < -0.39 is 0 Å². The molecular weight excluding hydrogens is 537 g/mol. The van der Waals surface area contributed by atoms with E-state index in [0.29, 0.717) is 0 Å². The third-order valence-electron chi connectivity index (χ3n) is 9.72. The lowest BCUT2D eigenvalue weighted by Crippen LogP contribution is -2.21. The number of rotatable bonds is 29. The first-order chi connectivity index (χ1) is 21.6. The summed E-state index contributed by atoms with van der Waals surface area (Å²) in [4.78, 5) is 2.50. The molecule has 0 unspecified atom stereocenters. The number of hydrogen-bond acceptors (Lipinski definition) is 1. The number of alkyl halides is 1. The van der Waals surface area contributed by atoms with Gasteiger partial charge in [-0.15, -0.1) is 0 Å². The van der Waals surface area contributed by atoms with Crippen molar-refractivity contribution in [3.05, 3.63) is 0 Å². The SMILES string of the molecule is CCC.CCCCCC1CCC(CCCCCN(C)CCCCCCCF)CC1.CCCCCCCCCCCCCCC. The lowest BCUT2D eigenvalue weighted by atomic mass is 9.78. The highest BCUT2D eigenvalue weighted by Crippen LogP contribution is 2.34. The quantitative estimate of drug-likeness (QED) is 0.0747. The van der Waals surface area contributed by atoms with Gasteiger partial charge < -0.3 is 4.90 Å². The van der Waals surface area contributed by atoms with Crippen LogP contribution in [-0.4, -0.2) is 31.7 Å². The van der Waals surface area contributed by atoms with Crippen molar-refractivity contribution in [1.29, 1.82) is 0 Å². The predicted octanol–water partition coefficient (Wildman–Crippen LogP) is 15.3. The summed E-state index contributed by atoms with van der Waals surface area (Å²) in [6.45, 7) is 13.5. The van der Waals surface area contributed by atoms with Crippen molar-refractivity contribution in [2.45, 2.75) is 234 Å². The molecule has 0 aromatic carbocycles.